The van der Waals surface area contributed by atoms with Crippen molar-refractivity contribution in [3.05, 3.63) is 59.0 Å². The van der Waals surface area contributed by atoms with Crippen molar-refractivity contribution >= 4 is 27.9 Å². The molecule has 0 saturated heterocycles. The molecule has 0 radical (unpaired) electrons. The summed E-state index contributed by atoms with van der Waals surface area (Å²) in [7, 11) is 2.05. The Kier molecular flexibility index (Phi) is 3.97. The summed E-state index contributed by atoms with van der Waals surface area (Å²) >= 11 is 1.66. The van der Waals surface area contributed by atoms with Crippen LogP contribution in [0.25, 0.3) is 21.3 Å². The molecular formula is C19H19N5S. The highest BCUT2D eigenvalue weighted by atomic mass is 32.1. The van der Waals surface area contributed by atoms with Gasteiger partial charge in [-0.05, 0) is 13.8 Å². The molecule has 0 unspecified atom stereocenters. The minimum absolute atomic E-state index is 0.629. The summed E-state index contributed by atoms with van der Waals surface area (Å²) in [6, 6.07) is 10.2. The second-order valence-corrected chi connectivity index (χ2v) is 6.97. The number of rotatable bonds is 4. The van der Waals surface area contributed by atoms with Crippen LogP contribution in [0.1, 0.15) is 17.1 Å². The fourth-order valence-corrected chi connectivity index (χ4v) is 3.75. The van der Waals surface area contributed by atoms with Gasteiger partial charge in [0, 0.05) is 40.7 Å². The van der Waals surface area contributed by atoms with E-state index in [-0.39, 0.29) is 0 Å². The summed E-state index contributed by atoms with van der Waals surface area (Å²) in [6.07, 6.45) is 2.11. The van der Waals surface area contributed by atoms with Crippen LogP contribution in [0.4, 0.5) is 5.82 Å². The molecule has 0 atom stereocenters. The predicted octanol–water partition coefficient (Wildman–Crippen LogP) is 4.32. The molecule has 1 aromatic carbocycles. The van der Waals surface area contributed by atoms with Gasteiger partial charge in [0.25, 0.3) is 0 Å². The summed E-state index contributed by atoms with van der Waals surface area (Å²) in [5, 5.41) is 17.4. The van der Waals surface area contributed by atoms with Gasteiger partial charge in [0.05, 0.1) is 17.9 Å². The molecule has 0 fully saturated rings. The van der Waals surface area contributed by atoms with Crippen molar-refractivity contribution in [3.8, 4) is 10.6 Å². The second kappa shape index (κ2) is 6.29. The first-order valence-electron chi connectivity index (χ1n) is 8.16. The molecule has 4 aromatic rings. The van der Waals surface area contributed by atoms with Gasteiger partial charge >= 0.3 is 0 Å². The number of aromatic nitrogens is 4. The smallest absolute Gasteiger partial charge is 0.158 e. The fraction of sp³-hybridized carbons (Fsp3) is 0.211. The van der Waals surface area contributed by atoms with Crippen LogP contribution in [0.5, 0.6) is 0 Å². The zero-order chi connectivity index (χ0) is 17.4. The van der Waals surface area contributed by atoms with E-state index in [1.54, 1.807) is 11.3 Å². The summed E-state index contributed by atoms with van der Waals surface area (Å²) in [5.41, 5.74) is 4.28. The number of anilines is 1. The van der Waals surface area contributed by atoms with Crippen molar-refractivity contribution in [2.24, 2.45) is 7.05 Å². The van der Waals surface area contributed by atoms with Gasteiger partial charge in [0.1, 0.15) is 5.01 Å². The van der Waals surface area contributed by atoms with E-state index < -0.39 is 0 Å². The van der Waals surface area contributed by atoms with Crippen molar-refractivity contribution in [1.29, 1.82) is 0 Å². The van der Waals surface area contributed by atoms with Crippen molar-refractivity contribution < 1.29 is 0 Å². The molecule has 4 rings (SSSR count). The Morgan fingerprint density at radius 1 is 1.12 bits per heavy atom. The van der Waals surface area contributed by atoms with Gasteiger partial charge in [-0.3, -0.25) is 0 Å². The molecule has 0 saturated carbocycles. The van der Waals surface area contributed by atoms with Gasteiger partial charge in [-0.2, -0.15) is 5.10 Å². The van der Waals surface area contributed by atoms with Crippen LogP contribution in [0.15, 0.2) is 41.9 Å². The molecule has 5 nitrogen and oxygen atoms in total. The summed E-state index contributed by atoms with van der Waals surface area (Å²) in [4.78, 5) is 4.72. The fourth-order valence-electron chi connectivity index (χ4n) is 2.93. The van der Waals surface area contributed by atoms with E-state index in [1.165, 1.54) is 5.69 Å². The molecule has 0 aliphatic rings. The number of nitrogens with zero attached hydrogens (tertiary/aromatic N) is 4. The van der Waals surface area contributed by atoms with Gasteiger partial charge in [-0.1, -0.05) is 30.3 Å². The molecule has 25 heavy (non-hydrogen) atoms. The Morgan fingerprint density at radius 2 is 1.92 bits per heavy atom. The SMILES string of the molecule is Cc1nnc(NCc2csc(-c3ccccc3)n2)c2c(C)n(C)cc12. The molecule has 0 bridgehead atoms. The maximum Gasteiger partial charge on any atom is 0.158 e. The molecule has 0 amide bonds. The Bertz CT molecular complexity index is 1030. The molecule has 6 heteroatoms. The molecule has 1 N–H and O–H groups in total. The van der Waals surface area contributed by atoms with Crippen LogP contribution in [0.2, 0.25) is 0 Å². The van der Waals surface area contributed by atoms with E-state index in [2.05, 4.69) is 50.7 Å². The monoisotopic (exact) mass is 349 g/mol. The maximum atomic E-state index is 4.72. The number of hydrogen-bond donors (Lipinski definition) is 1. The lowest BCUT2D eigenvalue weighted by Gasteiger charge is -2.06. The molecule has 0 aliphatic carbocycles. The van der Waals surface area contributed by atoms with Crippen LogP contribution in [-0.2, 0) is 13.6 Å². The van der Waals surface area contributed by atoms with E-state index in [4.69, 9.17) is 4.98 Å². The highest BCUT2D eigenvalue weighted by Gasteiger charge is 2.13. The maximum absolute atomic E-state index is 4.72. The Morgan fingerprint density at radius 3 is 2.72 bits per heavy atom. The first kappa shape index (κ1) is 15.8. The van der Waals surface area contributed by atoms with Crippen LogP contribution >= 0.6 is 11.3 Å². The van der Waals surface area contributed by atoms with Crippen molar-refractivity contribution in [1.82, 2.24) is 19.7 Å². The quantitative estimate of drug-likeness (QED) is 0.596. The van der Waals surface area contributed by atoms with Gasteiger partial charge in [-0.25, -0.2) is 4.98 Å². The number of nitrogens with one attached hydrogen (secondary N) is 1. The number of aryl methyl sites for hydroxylation is 3. The average Bonchev–Trinajstić information content (AvgIpc) is 3.22. The third kappa shape index (κ3) is 2.89. The topological polar surface area (TPSA) is 55.6 Å². The molecule has 0 aliphatic heterocycles. The summed E-state index contributed by atoms with van der Waals surface area (Å²) < 4.78 is 2.11. The zero-order valence-electron chi connectivity index (χ0n) is 14.4. The van der Waals surface area contributed by atoms with Crippen molar-refractivity contribution in [3.63, 3.8) is 0 Å². The van der Waals surface area contributed by atoms with Gasteiger partial charge in [0.15, 0.2) is 5.82 Å². The average molecular weight is 349 g/mol. The number of hydrogen-bond acceptors (Lipinski definition) is 5. The van der Waals surface area contributed by atoms with Crippen LogP contribution < -0.4 is 5.32 Å². The number of fused-ring (bicyclic) bond motifs is 1. The molecule has 126 valence electrons. The third-order valence-corrected chi connectivity index (χ3v) is 5.36. The van der Waals surface area contributed by atoms with E-state index in [0.29, 0.717) is 6.54 Å². The highest BCUT2D eigenvalue weighted by molar-refractivity contribution is 7.13. The predicted molar refractivity (Wildman–Crippen MR) is 103 cm³/mol. The highest BCUT2D eigenvalue weighted by Crippen LogP contribution is 2.28. The van der Waals surface area contributed by atoms with Crippen molar-refractivity contribution in [2.75, 3.05) is 5.32 Å². The van der Waals surface area contributed by atoms with E-state index in [0.717, 1.165) is 38.5 Å². The molecule has 3 heterocycles. The minimum Gasteiger partial charge on any atom is -0.362 e. The lowest BCUT2D eigenvalue weighted by atomic mass is 10.2. The minimum atomic E-state index is 0.629. The van der Waals surface area contributed by atoms with E-state index >= 15 is 0 Å². The summed E-state index contributed by atoms with van der Waals surface area (Å²) in [6.45, 7) is 4.72. The normalized spacial score (nSPS) is 11.2. The Labute approximate surface area is 150 Å². The van der Waals surface area contributed by atoms with E-state index in [9.17, 15) is 0 Å². The van der Waals surface area contributed by atoms with Gasteiger partial charge in [0.2, 0.25) is 0 Å². The van der Waals surface area contributed by atoms with Crippen molar-refractivity contribution in [2.45, 2.75) is 20.4 Å². The van der Waals surface area contributed by atoms with Gasteiger partial charge in [-0.15, -0.1) is 16.4 Å². The molecule has 3 aromatic heterocycles. The molecule has 0 spiro atoms. The first-order valence-corrected chi connectivity index (χ1v) is 9.04. The standard InChI is InChI=1S/C19H19N5S/c1-12-16-10-24(3)13(2)17(16)18(23-22-12)20-9-15-11-25-19(21-15)14-7-5-4-6-8-14/h4-8,10-11H,9H2,1-3H3,(H,20,23). The lowest BCUT2D eigenvalue weighted by Crippen LogP contribution is -2.04. The van der Waals surface area contributed by atoms with E-state index in [1.807, 2.05) is 32.2 Å². The van der Waals surface area contributed by atoms with Crippen LogP contribution in [0.3, 0.4) is 0 Å². The summed E-state index contributed by atoms with van der Waals surface area (Å²) in [5.74, 6) is 0.813. The third-order valence-electron chi connectivity index (χ3n) is 4.42. The number of benzene rings is 1. The number of thiazole rings is 1. The van der Waals surface area contributed by atoms with Gasteiger partial charge < -0.3 is 9.88 Å². The largest absolute Gasteiger partial charge is 0.362 e. The Hall–Kier alpha value is -2.73. The zero-order valence-corrected chi connectivity index (χ0v) is 15.3. The lowest BCUT2D eigenvalue weighted by molar-refractivity contribution is 0.888. The Balaban J connectivity index is 1.59. The second-order valence-electron chi connectivity index (χ2n) is 6.11. The van der Waals surface area contributed by atoms with Crippen LogP contribution in [0, 0.1) is 13.8 Å². The molecular weight excluding hydrogens is 330 g/mol. The first-order chi connectivity index (χ1) is 12.1. The van der Waals surface area contributed by atoms with Crippen LogP contribution in [-0.4, -0.2) is 19.7 Å².